The van der Waals surface area contributed by atoms with E-state index in [0.717, 1.165) is 35.5 Å². The number of hydrogen-bond donors (Lipinski definition) is 8. The first-order chi connectivity index (χ1) is 27.7. The highest BCUT2D eigenvalue weighted by atomic mass is 16.7. The van der Waals surface area contributed by atoms with Crippen molar-refractivity contribution in [3.05, 3.63) is 23.3 Å². The van der Waals surface area contributed by atoms with E-state index in [1.54, 1.807) is 28.1 Å². The Morgan fingerprint density at radius 3 is 1.45 bits per heavy atom. The topological polar surface area (TPSA) is 304 Å². The summed E-state index contributed by atoms with van der Waals surface area (Å²) in [5.74, 6) is -0.244. The Morgan fingerprint density at radius 2 is 1.02 bits per heavy atom. The lowest BCUT2D eigenvalue weighted by molar-refractivity contribution is -0.157. The number of aliphatic hydroxyl groups excluding tert-OH is 8. The summed E-state index contributed by atoms with van der Waals surface area (Å²) in [5.41, 5.74) is 1.12. The molecule has 0 saturated carbocycles. The predicted octanol–water partition coefficient (Wildman–Crippen LogP) is -0.785. The number of hydrogen-bond acceptors (Lipinski definition) is 20. The number of rotatable bonds is 28. The van der Waals surface area contributed by atoms with E-state index in [-0.39, 0.29) is 111 Å². The van der Waals surface area contributed by atoms with Gasteiger partial charge in [0.25, 0.3) is 0 Å². The van der Waals surface area contributed by atoms with Gasteiger partial charge in [-0.15, -0.1) is 0 Å². The summed E-state index contributed by atoms with van der Waals surface area (Å²) >= 11 is 0. The zero-order chi connectivity index (χ0) is 44.6. The van der Waals surface area contributed by atoms with Crippen molar-refractivity contribution in [2.75, 3.05) is 107 Å². The van der Waals surface area contributed by atoms with Crippen LogP contribution in [0.25, 0.3) is 0 Å². The van der Waals surface area contributed by atoms with Gasteiger partial charge in [0.2, 0.25) is 0 Å². The molecule has 0 aromatic heterocycles. The molecule has 340 valence electrons. The summed E-state index contributed by atoms with van der Waals surface area (Å²) in [6.07, 6.45) is 2.41. The van der Waals surface area contributed by atoms with E-state index in [1.807, 2.05) is 12.1 Å². The summed E-state index contributed by atoms with van der Waals surface area (Å²) in [4.78, 5) is 43.3. The molecule has 0 aliphatic rings. The second-order valence-corrected chi connectivity index (χ2v) is 12.4. The largest absolute Gasteiger partial charge is 0.496 e. The average Bonchev–Trinajstić information content (AvgIpc) is 3.20. The van der Waals surface area contributed by atoms with E-state index in [4.69, 9.17) is 64.5 Å². The quantitative estimate of drug-likeness (QED) is 0.0222. The standard InChI is InChI=1S/C20H32O8.C7H14O4.C6H12O4.C5H10O4/c1-24-18-14-17(6-4-10-26-15-27-11-8-21)19(25-2)13-16(18)5-3-7-20(23)28-12-9-22;1-7(2,5-9)6(10)11-4-3-8;1-5(8)4-6(9)10-3-2-7;6-2-1-5(8)9-4-3-7/h13-14,21-22H,3-12,15H2,1-2H3;8-9H,3-5H2,1-2H3;5,7-8H,2-4H2,1H3;6-7H,1-4H2. The number of benzene rings is 1. The lowest BCUT2D eigenvalue weighted by atomic mass is 9.95. The minimum atomic E-state index is -0.866. The van der Waals surface area contributed by atoms with Crippen molar-refractivity contribution in [3.63, 3.8) is 0 Å². The summed E-state index contributed by atoms with van der Waals surface area (Å²) in [6, 6.07) is 3.90. The number of methoxy groups -OCH3 is 2. The van der Waals surface area contributed by atoms with Crippen LogP contribution in [0.1, 0.15) is 64.0 Å². The molecule has 0 spiro atoms. The van der Waals surface area contributed by atoms with E-state index in [2.05, 4.69) is 14.2 Å². The van der Waals surface area contributed by atoms with E-state index in [9.17, 15) is 19.2 Å². The molecule has 0 heterocycles. The third kappa shape index (κ3) is 34.4. The number of aliphatic hydroxyl groups is 8. The Labute approximate surface area is 340 Å². The van der Waals surface area contributed by atoms with Gasteiger partial charge in [-0.2, -0.15) is 0 Å². The molecule has 1 aromatic rings. The van der Waals surface area contributed by atoms with Crippen LogP contribution in [-0.4, -0.2) is 178 Å². The summed E-state index contributed by atoms with van der Waals surface area (Å²) < 4.78 is 39.7. The molecular weight excluding hydrogens is 776 g/mol. The molecule has 58 heavy (non-hydrogen) atoms. The van der Waals surface area contributed by atoms with Gasteiger partial charge >= 0.3 is 23.9 Å². The summed E-state index contributed by atoms with van der Waals surface area (Å²) in [5, 5.41) is 67.5. The van der Waals surface area contributed by atoms with Crippen LogP contribution in [0.3, 0.4) is 0 Å². The van der Waals surface area contributed by atoms with Crippen LogP contribution in [-0.2, 0) is 60.4 Å². The minimum Gasteiger partial charge on any atom is -0.496 e. The smallest absolute Gasteiger partial charge is 0.313 e. The molecule has 0 radical (unpaired) electrons. The highest BCUT2D eigenvalue weighted by Gasteiger charge is 2.28. The third-order valence-electron chi connectivity index (χ3n) is 6.76. The molecule has 1 rings (SSSR count). The minimum absolute atomic E-state index is 0. The van der Waals surface area contributed by atoms with Crippen molar-refractivity contribution < 1.29 is 97.9 Å². The summed E-state index contributed by atoms with van der Waals surface area (Å²) in [7, 11) is 3.24. The van der Waals surface area contributed by atoms with Crippen LogP contribution in [0, 0.1) is 5.41 Å². The highest BCUT2D eigenvalue weighted by Crippen LogP contribution is 2.31. The van der Waals surface area contributed by atoms with Crippen molar-refractivity contribution in [1.82, 2.24) is 0 Å². The molecule has 0 saturated heterocycles. The van der Waals surface area contributed by atoms with Gasteiger partial charge in [0.1, 0.15) is 44.7 Å². The maximum Gasteiger partial charge on any atom is 0.313 e. The molecule has 20 heteroatoms. The molecule has 0 fully saturated rings. The Morgan fingerprint density at radius 1 is 0.586 bits per heavy atom. The molecule has 20 nitrogen and oxygen atoms in total. The molecule has 0 bridgehead atoms. The van der Waals surface area contributed by atoms with E-state index < -0.39 is 29.4 Å². The molecule has 1 aromatic carbocycles. The van der Waals surface area contributed by atoms with Crippen LogP contribution in [0.4, 0.5) is 0 Å². The maximum absolute atomic E-state index is 11.5. The zero-order valence-corrected chi connectivity index (χ0v) is 34.6. The lowest BCUT2D eigenvalue weighted by Gasteiger charge is -2.18. The fourth-order valence-corrected chi connectivity index (χ4v) is 3.86. The van der Waals surface area contributed by atoms with Gasteiger partial charge in [0, 0.05) is 13.0 Å². The molecular formula is C38H68O20. The Balaban J connectivity index is -0.000000823. The third-order valence-corrected chi connectivity index (χ3v) is 6.76. The molecule has 0 amide bonds. The monoisotopic (exact) mass is 844 g/mol. The van der Waals surface area contributed by atoms with Crippen molar-refractivity contribution in [2.24, 2.45) is 5.41 Å². The lowest BCUT2D eigenvalue weighted by Crippen LogP contribution is -2.30. The molecule has 0 aliphatic heterocycles. The van der Waals surface area contributed by atoms with Crippen molar-refractivity contribution in [1.29, 1.82) is 0 Å². The van der Waals surface area contributed by atoms with Gasteiger partial charge in [-0.3, -0.25) is 19.2 Å². The Hall–Kier alpha value is -3.70. The SMILES string of the molecule is CC(C)(CO)C(=O)OCCO.CC(O)CC(=O)OCCO.COc1cc(CCCC(=O)OCCO)c(OC)cc1CCCOCOCCO.O=C(CCO)OCCO. The van der Waals surface area contributed by atoms with Crippen molar-refractivity contribution >= 4 is 23.9 Å². The van der Waals surface area contributed by atoms with Crippen LogP contribution in [0.15, 0.2) is 12.1 Å². The Kier molecular flexibility index (Phi) is 40.5. The van der Waals surface area contributed by atoms with Gasteiger partial charge in [-0.1, -0.05) is 0 Å². The normalized spacial score (nSPS) is 10.9. The van der Waals surface area contributed by atoms with Crippen LogP contribution < -0.4 is 9.47 Å². The van der Waals surface area contributed by atoms with E-state index in [1.165, 1.54) is 6.92 Å². The second-order valence-electron chi connectivity index (χ2n) is 12.4. The first kappa shape index (κ1) is 58.6. The molecule has 0 aliphatic carbocycles. The molecule has 1 atom stereocenters. The van der Waals surface area contributed by atoms with Crippen molar-refractivity contribution in [3.8, 4) is 11.5 Å². The predicted molar refractivity (Wildman–Crippen MR) is 206 cm³/mol. The van der Waals surface area contributed by atoms with Crippen molar-refractivity contribution in [2.45, 2.75) is 71.8 Å². The van der Waals surface area contributed by atoms with Crippen LogP contribution in [0.2, 0.25) is 0 Å². The average molecular weight is 845 g/mol. The maximum atomic E-state index is 11.5. The zero-order valence-electron chi connectivity index (χ0n) is 34.6. The fraction of sp³-hybridized carbons (Fsp3) is 0.737. The summed E-state index contributed by atoms with van der Waals surface area (Å²) in [6.45, 7) is 4.49. The number of carbonyl (C=O) groups excluding carboxylic acids is 4. The van der Waals surface area contributed by atoms with E-state index >= 15 is 0 Å². The van der Waals surface area contributed by atoms with Gasteiger partial charge in [-0.05, 0) is 69.7 Å². The van der Waals surface area contributed by atoms with Gasteiger partial charge in [-0.25, -0.2) is 0 Å². The van der Waals surface area contributed by atoms with Crippen LogP contribution in [0.5, 0.6) is 11.5 Å². The van der Waals surface area contributed by atoms with E-state index in [0.29, 0.717) is 19.4 Å². The number of ether oxygens (including phenoxy) is 8. The van der Waals surface area contributed by atoms with Gasteiger partial charge in [0.15, 0.2) is 0 Å². The molecule has 1 unspecified atom stereocenters. The van der Waals surface area contributed by atoms with Gasteiger partial charge in [0.05, 0.1) is 91.4 Å². The first-order valence-electron chi connectivity index (χ1n) is 18.7. The Bertz CT molecular complexity index is 1180. The first-order valence-corrected chi connectivity index (χ1v) is 18.7. The van der Waals surface area contributed by atoms with Crippen LogP contribution >= 0.6 is 0 Å². The number of carbonyl (C=O) groups is 4. The number of aryl methyl sites for hydroxylation is 2. The highest BCUT2D eigenvalue weighted by molar-refractivity contribution is 5.76. The number of esters is 4. The van der Waals surface area contributed by atoms with Gasteiger partial charge < -0.3 is 78.7 Å². The second kappa shape index (κ2) is 40.1. The molecule has 8 N–H and O–H groups in total. The fourth-order valence-electron chi connectivity index (χ4n) is 3.86.